The van der Waals surface area contributed by atoms with Gasteiger partial charge in [0.25, 0.3) is 11.8 Å². The average Bonchev–Trinajstić information content (AvgIpc) is 2.45. The van der Waals surface area contributed by atoms with E-state index in [1.165, 1.54) is 6.33 Å². The molecule has 0 saturated heterocycles. The van der Waals surface area contributed by atoms with Crippen LogP contribution in [0.4, 0.5) is 0 Å². The molecular weight excluding hydrogens is 148 g/mol. The number of nitrogens with one attached hydrogen (secondary N) is 1. The van der Waals surface area contributed by atoms with Crippen molar-refractivity contribution in [3.8, 4) is 0 Å². The summed E-state index contributed by atoms with van der Waals surface area (Å²) in [7, 11) is 0. The van der Waals surface area contributed by atoms with Gasteiger partial charge >= 0.3 is 0 Å². The van der Waals surface area contributed by atoms with E-state index in [0.717, 1.165) is 4.68 Å². The van der Waals surface area contributed by atoms with Crippen molar-refractivity contribution in [2.45, 2.75) is 0 Å². The highest BCUT2D eigenvalue weighted by molar-refractivity contribution is 6.00. The third-order valence-electron chi connectivity index (χ3n) is 1.39. The first kappa shape index (κ1) is 6.02. The summed E-state index contributed by atoms with van der Waals surface area (Å²) < 4.78 is 0.999. The maximum atomic E-state index is 10.9. The Labute approximate surface area is 61.2 Å². The van der Waals surface area contributed by atoms with Crippen LogP contribution in [0.2, 0.25) is 0 Å². The third-order valence-corrected chi connectivity index (χ3v) is 1.39. The second-order valence-electron chi connectivity index (χ2n) is 2.07. The molecule has 1 aliphatic heterocycles. The quantitative estimate of drug-likeness (QED) is 0.499. The van der Waals surface area contributed by atoms with Crippen molar-refractivity contribution in [3.63, 3.8) is 0 Å². The Balaban J connectivity index is 2.59. The van der Waals surface area contributed by atoms with Gasteiger partial charge in [0.15, 0.2) is 0 Å². The second-order valence-corrected chi connectivity index (χ2v) is 2.07. The molecule has 0 aliphatic carbocycles. The fourth-order valence-corrected chi connectivity index (χ4v) is 0.889. The summed E-state index contributed by atoms with van der Waals surface area (Å²) in [5.74, 6) is -0.569. The zero-order chi connectivity index (χ0) is 7.84. The summed E-state index contributed by atoms with van der Waals surface area (Å²) in [6, 6.07) is 0. The zero-order valence-electron chi connectivity index (χ0n) is 5.44. The van der Waals surface area contributed by atoms with Crippen LogP contribution < -0.4 is 5.32 Å². The van der Waals surface area contributed by atoms with Gasteiger partial charge in [0, 0.05) is 0 Å². The van der Waals surface area contributed by atoms with Gasteiger partial charge in [0.2, 0.25) is 5.82 Å². The second kappa shape index (κ2) is 1.88. The SMILES string of the molecule is O=C1NCC(=O)n2ncnc21. The molecular formula is C5H4N4O2. The van der Waals surface area contributed by atoms with Crippen LogP contribution in [0.15, 0.2) is 6.33 Å². The number of amides is 1. The molecule has 0 aromatic carbocycles. The van der Waals surface area contributed by atoms with Crippen LogP contribution in [0, 0.1) is 0 Å². The number of aromatic nitrogens is 3. The maximum absolute atomic E-state index is 10.9. The Morgan fingerprint density at radius 1 is 1.55 bits per heavy atom. The van der Waals surface area contributed by atoms with E-state index in [4.69, 9.17) is 0 Å². The molecule has 0 unspecified atom stereocenters. The Hall–Kier alpha value is -1.72. The van der Waals surface area contributed by atoms with Crippen LogP contribution in [0.3, 0.4) is 0 Å². The standard InChI is InChI=1S/C5H4N4O2/c10-3-1-6-5(11)4-7-2-8-9(3)4/h2H,1H2,(H,6,11). The highest BCUT2D eigenvalue weighted by Gasteiger charge is 2.24. The van der Waals surface area contributed by atoms with Crippen LogP contribution in [-0.2, 0) is 0 Å². The summed E-state index contributed by atoms with van der Waals surface area (Å²) in [5, 5.41) is 5.95. The van der Waals surface area contributed by atoms with Crippen molar-refractivity contribution in [3.05, 3.63) is 12.2 Å². The lowest BCUT2D eigenvalue weighted by Gasteiger charge is -2.10. The third kappa shape index (κ3) is 0.721. The Morgan fingerprint density at radius 3 is 3.09 bits per heavy atom. The lowest BCUT2D eigenvalue weighted by molar-refractivity contribution is 0.0791. The lowest BCUT2D eigenvalue weighted by atomic mass is 10.4. The normalized spacial score (nSPS) is 16.0. The van der Waals surface area contributed by atoms with E-state index in [9.17, 15) is 9.59 Å². The molecule has 0 fully saturated rings. The van der Waals surface area contributed by atoms with Crippen molar-refractivity contribution in [2.24, 2.45) is 0 Å². The van der Waals surface area contributed by atoms with Gasteiger partial charge in [-0.2, -0.15) is 9.78 Å². The minimum absolute atomic E-state index is 0.00477. The van der Waals surface area contributed by atoms with Crippen molar-refractivity contribution < 1.29 is 9.59 Å². The van der Waals surface area contributed by atoms with Crippen LogP contribution in [0.25, 0.3) is 0 Å². The van der Waals surface area contributed by atoms with Gasteiger partial charge in [0.1, 0.15) is 6.33 Å². The Bertz CT molecular complexity index is 298. The van der Waals surface area contributed by atoms with E-state index in [0.29, 0.717) is 0 Å². The molecule has 6 heteroatoms. The van der Waals surface area contributed by atoms with Crippen molar-refractivity contribution in [2.75, 3.05) is 6.54 Å². The molecule has 1 amide bonds. The molecule has 0 saturated carbocycles. The molecule has 0 spiro atoms. The highest BCUT2D eigenvalue weighted by Crippen LogP contribution is 1.97. The maximum Gasteiger partial charge on any atom is 0.289 e. The van der Waals surface area contributed by atoms with E-state index in [2.05, 4.69) is 15.4 Å². The molecule has 2 heterocycles. The number of hydrogen-bond acceptors (Lipinski definition) is 4. The fraction of sp³-hybridized carbons (Fsp3) is 0.200. The predicted octanol–water partition coefficient (Wildman–Crippen LogP) is -1.34. The summed E-state index contributed by atoms with van der Waals surface area (Å²) >= 11 is 0. The minimum Gasteiger partial charge on any atom is -0.340 e. The molecule has 1 aliphatic rings. The van der Waals surface area contributed by atoms with Crippen LogP contribution >= 0.6 is 0 Å². The van der Waals surface area contributed by atoms with Crippen LogP contribution in [-0.4, -0.2) is 33.1 Å². The highest BCUT2D eigenvalue weighted by atomic mass is 16.2. The first-order chi connectivity index (χ1) is 5.29. The topological polar surface area (TPSA) is 76.9 Å². The van der Waals surface area contributed by atoms with E-state index in [1.54, 1.807) is 0 Å². The molecule has 2 rings (SSSR count). The molecule has 1 aromatic heterocycles. The smallest absolute Gasteiger partial charge is 0.289 e. The van der Waals surface area contributed by atoms with Crippen molar-refractivity contribution in [1.29, 1.82) is 0 Å². The van der Waals surface area contributed by atoms with Gasteiger partial charge in [-0.25, -0.2) is 4.98 Å². The lowest BCUT2D eigenvalue weighted by Crippen LogP contribution is -2.41. The minimum atomic E-state index is -0.359. The van der Waals surface area contributed by atoms with Gasteiger partial charge in [-0.05, 0) is 0 Å². The number of carbonyl (C=O) groups excluding carboxylic acids is 2. The number of nitrogens with zero attached hydrogens (tertiary/aromatic N) is 3. The van der Waals surface area contributed by atoms with Crippen molar-refractivity contribution in [1.82, 2.24) is 20.1 Å². The number of hydrogen-bond donors (Lipinski definition) is 1. The first-order valence-electron chi connectivity index (χ1n) is 3.00. The molecule has 56 valence electrons. The van der Waals surface area contributed by atoms with E-state index < -0.39 is 0 Å². The van der Waals surface area contributed by atoms with Gasteiger partial charge in [-0.15, -0.1) is 0 Å². The Morgan fingerprint density at radius 2 is 2.36 bits per heavy atom. The molecule has 0 atom stereocenters. The molecule has 0 bridgehead atoms. The van der Waals surface area contributed by atoms with Gasteiger partial charge in [-0.3, -0.25) is 9.59 Å². The first-order valence-corrected chi connectivity index (χ1v) is 3.00. The molecule has 6 nitrogen and oxygen atoms in total. The number of fused-ring (bicyclic) bond motifs is 1. The number of rotatable bonds is 0. The fourth-order valence-electron chi connectivity index (χ4n) is 0.889. The summed E-state index contributed by atoms with van der Waals surface area (Å²) in [5.41, 5.74) is 0. The predicted molar refractivity (Wildman–Crippen MR) is 33.0 cm³/mol. The number of carbonyl (C=O) groups is 2. The summed E-state index contributed by atoms with van der Waals surface area (Å²) in [4.78, 5) is 25.5. The van der Waals surface area contributed by atoms with Crippen LogP contribution in [0.1, 0.15) is 15.4 Å². The van der Waals surface area contributed by atoms with Gasteiger partial charge in [-0.1, -0.05) is 0 Å². The zero-order valence-corrected chi connectivity index (χ0v) is 5.44. The Kier molecular flexibility index (Phi) is 1.03. The van der Waals surface area contributed by atoms with E-state index >= 15 is 0 Å². The average molecular weight is 152 g/mol. The van der Waals surface area contributed by atoms with E-state index in [-0.39, 0.29) is 24.2 Å². The van der Waals surface area contributed by atoms with Gasteiger partial charge < -0.3 is 5.32 Å². The molecule has 0 radical (unpaired) electrons. The molecule has 11 heavy (non-hydrogen) atoms. The summed E-state index contributed by atoms with van der Waals surface area (Å²) in [6.07, 6.45) is 1.18. The molecule has 1 N–H and O–H groups in total. The van der Waals surface area contributed by atoms with Crippen molar-refractivity contribution >= 4 is 11.8 Å². The largest absolute Gasteiger partial charge is 0.340 e. The monoisotopic (exact) mass is 152 g/mol. The van der Waals surface area contributed by atoms with Gasteiger partial charge in [0.05, 0.1) is 6.54 Å². The van der Waals surface area contributed by atoms with Crippen LogP contribution in [0.5, 0.6) is 0 Å². The summed E-state index contributed by atoms with van der Waals surface area (Å²) in [6.45, 7) is -0.00477. The molecule has 1 aromatic rings. The van der Waals surface area contributed by atoms with E-state index in [1.807, 2.05) is 0 Å².